The lowest BCUT2D eigenvalue weighted by molar-refractivity contribution is -0.142. The van der Waals surface area contributed by atoms with Crippen LogP contribution in [0, 0.1) is 0 Å². The van der Waals surface area contributed by atoms with E-state index in [9.17, 15) is 9.59 Å². The van der Waals surface area contributed by atoms with Crippen LogP contribution in [-0.4, -0.2) is 34.9 Å². The minimum Gasteiger partial charge on any atom is -0.483 e. The minimum atomic E-state index is -0.646. The minimum absolute atomic E-state index is 0.114. The van der Waals surface area contributed by atoms with Crippen LogP contribution in [0.25, 0.3) is 0 Å². The summed E-state index contributed by atoms with van der Waals surface area (Å²) in [6.45, 7) is 14.0. The fourth-order valence-electron chi connectivity index (χ4n) is 3.28. The number of hydrogen-bond acceptors (Lipinski definition) is 3. The van der Waals surface area contributed by atoms with Crippen molar-refractivity contribution in [2.24, 2.45) is 0 Å². The van der Waals surface area contributed by atoms with Crippen molar-refractivity contribution in [1.82, 2.24) is 10.2 Å². The van der Waals surface area contributed by atoms with Crippen LogP contribution in [0.5, 0.6) is 5.75 Å². The molecule has 0 saturated carbocycles. The maximum Gasteiger partial charge on any atom is 0.261 e. The molecule has 6 heteroatoms. The normalized spacial score (nSPS) is 12.8. The molecule has 0 aliphatic carbocycles. The van der Waals surface area contributed by atoms with E-state index in [2.05, 4.69) is 42.0 Å². The number of nitrogens with one attached hydrogen (secondary N) is 1. The van der Waals surface area contributed by atoms with Gasteiger partial charge in [-0.2, -0.15) is 0 Å². The number of carbonyl (C=O) groups is 2. The van der Waals surface area contributed by atoms with Gasteiger partial charge in [0.25, 0.3) is 5.91 Å². The van der Waals surface area contributed by atoms with E-state index < -0.39 is 6.04 Å². The van der Waals surface area contributed by atoms with Crippen molar-refractivity contribution in [3.63, 3.8) is 0 Å². The second-order valence-corrected chi connectivity index (χ2v) is 11.0. The maximum absolute atomic E-state index is 13.3. The molecular formula is C26H35BrN2O3. The van der Waals surface area contributed by atoms with Crippen molar-refractivity contribution in [3.05, 3.63) is 64.1 Å². The molecule has 1 unspecified atom stereocenters. The number of hydrogen-bond donors (Lipinski definition) is 1. The Hall–Kier alpha value is -2.34. The Morgan fingerprint density at radius 1 is 1.00 bits per heavy atom. The van der Waals surface area contributed by atoms with E-state index in [1.807, 2.05) is 69.3 Å². The Kier molecular flexibility index (Phi) is 8.52. The number of amides is 2. The average molecular weight is 503 g/mol. The fraction of sp³-hybridized carbons (Fsp3) is 0.462. The van der Waals surface area contributed by atoms with Crippen LogP contribution in [0.3, 0.4) is 0 Å². The lowest BCUT2D eigenvalue weighted by Gasteiger charge is -2.31. The monoisotopic (exact) mass is 502 g/mol. The Labute approximate surface area is 200 Å². The molecule has 0 radical (unpaired) electrons. The number of carbonyl (C=O) groups excluding carboxylic acids is 2. The smallest absolute Gasteiger partial charge is 0.261 e. The number of para-hydroxylation sites is 1. The zero-order valence-electron chi connectivity index (χ0n) is 20.2. The van der Waals surface area contributed by atoms with Gasteiger partial charge in [-0.05, 0) is 62.4 Å². The second-order valence-electron chi connectivity index (χ2n) is 10.1. The van der Waals surface area contributed by atoms with Crippen LogP contribution in [-0.2, 0) is 21.5 Å². The quantitative estimate of drug-likeness (QED) is 0.546. The van der Waals surface area contributed by atoms with E-state index in [1.54, 1.807) is 11.8 Å². The van der Waals surface area contributed by atoms with Gasteiger partial charge in [-0.15, -0.1) is 0 Å². The van der Waals surface area contributed by atoms with Gasteiger partial charge in [-0.3, -0.25) is 9.59 Å². The molecule has 32 heavy (non-hydrogen) atoms. The van der Waals surface area contributed by atoms with Gasteiger partial charge in [0.2, 0.25) is 5.91 Å². The van der Waals surface area contributed by atoms with Gasteiger partial charge in [0.1, 0.15) is 11.8 Å². The van der Waals surface area contributed by atoms with Crippen LogP contribution in [0.1, 0.15) is 59.6 Å². The van der Waals surface area contributed by atoms with Gasteiger partial charge in [-0.1, -0.05) is 67.0 Å². The highest BCUT2D eigenvalue weighted by molar-refractivity contribution is 9.10. The number of ether oxygens (including phenoxy) is 1. The zero-order valence-corrected chi connectivity index (χ0v) is 21.7. The van der Waals surface area contributed by atoms with E-state index in [1.165, 1.54) is 0 Å². The molecule has 0 aliphatic heterocycles. The molecule has 2 amide bonds. The first kappa shape index (κ1) is 25.9. The highest BCUT2D eigenvalue weighted by atomic mass is 79.9. The Balaban J connectivity index is 2.23. The van der Waals surface area contributed by atoms with Gasteiger partial charge < -0.3 is 15.0 Å². The molecule has 0 heterocycles. The molecule has 1 N–H and O–H groups in total. The topological polar surface area (TPSA) is 58.6 Å². The van der Waals surface area contributed by atoms with Crippen molar-refractivity contribution in [1.29, 1.82) is 0 Å². The van der Waals surface area contributed by atoms with Gasteiger partial charge in [0.05, 0.1) is 0 Å². The summed E-state index contributed by atoms with van der Waals surface area (Å²) in [6, 6.07) is 14.8. The lowest BCUT2D eigenvalue weighted by Crippen LogP contribution is -2.53. The third-order valence-corrected chi connectivity index (χ3v) is 5.51. The number of halogens is 1. The highest BCUT2D eigenvalue weighted by Gasteiger charge is 2.29. The molecular weight excluding hydrogens is 468 g/mol. The molecule has 2 aromatic carbocycles. The number of rotatable bonds is 7. The van der Waals surface area contributed by atoms with Crippen molar-refractivity contribution in [2.45, 2.75) is 72.0 Å². The van der Waals surface area contributed by atoms with Gasteiger partial charge in [0, 0.05) is 16.6 Å². The molecule has 2 rings (SSSR count). The van der Waals surface area contributed by atoms with Crippen LogP contribution in [0.2, 0.25) is 0 Å². The van der Waals surface area contributed by atoms with Crippen molar-refractivity contribution < 1.29 is 14.3 Å². The molecule has 0 spiro atoms. The third kappa shape index (κ3) is 7.66. The van der Waals surface area contributed by atoms with E-state index >= 15 is 0 Å². The van der Waals surface area contributed by atoms with Crippen LogP contribution < -0.4 is 10.1 Å². The number of nitrogens with zero attached hydrogens (tertiary/aromatic N) is 1. The molecule has 2 aromatic rings. The maximum atomic E-state index is 13.3. The largest absolute Gasteiger partial charge is 0.483 e. The van der Waals surface area contributed by atoms with Crippen LogP contribution in [0.4, 0.5) is 0 Å². The standard InChI is InChI=1S/C26H35BrN2O3/c1-18(24(31)28-26(5,6)7)29(16-19-12-14-20(27)15-13-19)23(30)17-32-22-11-9-8-10-21(22)25(2,3)4/h8-15,18H,16-17H2,1-7H3,(H,28,31). The molecule has 0 aliphatic rings. The first-order chi connectivity index (χ1) is 14.8. The Morgan fingerprint density at radius 2 is 1.59 bits per heavy atom. The van der Waals surface area contributed by atoms with Crippen LogP contribution >= 0.6 is 15.9 Å². The Morgan fingerprint density at radius 3 is 2.16 bits per heavy atom. The van der Waals surface area contributed by atoms with E-state index in [4.69, 9.17) is 4.74 Å². The van der Waals surface area contributed by atoms with Crippen molar-refractivity contribution >= 4 is 27.7 Å². The van der Waals surface area contributed by atoms with E-state index in [0.717, 1.165) is 15.6 Å². The summed E-state index contributed by atoms with van der Waals surface area (Å²) in [4.78, 5) is 27.7. The summed E-state index contributed by atoms with van der Waals surface area (Å²) >= 11 is 3.43. The Bertz CT molecular complexity index is 927. The average Bonchev–Trinajstić information content (AvgIpc) is 2.69. The van der Waals surface area contributed by atoms with Gasteiger partial charge in [-0.25, -0.2) is 0 Å². The van der Waals surface area contributed by atoms with Crippen molar-refractivity contribution in [3.8, 4) is 5.75 Å². The van der Waals surface area contributed by atoms with Crippen LogP contribution in [0.15, 0.2) is 53.0 Å². The summed E-state index contributed by atoms with van der Waals surface area (Å²) in [7, 11) is 0. The van der Waals surface area contributed by atoms with E-state index in [-0.39, 0.29) is 29.4 Å². The molecule has 0 bridgehead atoms. The van der Waals surface area contributed by atoms with Gasteiger partial charge >= 0.3 is 0 Å². The highest BCUT2D eigenvalue weighted by Crippen LogP contribution is 2.31. The first-order valence-corrected chi connectivity index (χ1v) is 11.7. The molecule has 174 valence electrons. The summed E-state index contributed by atoms with van der Waals surface area (Å²) in [5.41, 5.74) is 1.47. The third-order valence-electron chi connectivity index (χ3n) is 4.98. The molecule has 0 fully saturated rings. The molecule has 0 saturated heterocycles. The van der Waals surface area contributed by atoms with E-state index in [0.29, 0.717) is 12.3 Å². The predicted octanol–water partition coefficient (Wildman–Crippen LogP) is 5.46. The zero-order chi connectivity index (χ0) is 24.1. The summed E-state index contributed by atoms with van der Waals surface area (Å²) in [5.74, 6) is 0.245. The second kappa shape index (κ2) is 10.5. The molecule has 5 nitrogen and oxygen atoms in total. The SMILES string of the molecule is CC(C(=O)NC(C)(C)C)N(Cc1ccc(Br)cc1)C(=O)COc1ccccc1C(C)(C)C. The van der Waals surface area contributed by atoms with Crippen molar-refractivity contribution in [2.75, 3.05) is 6.61 Å². The first-order valence-electron chi connectivity index (χ1n) is 10.9. The van der Waals surface area contributed by atoms with Gasteiger partial charge in [0.15, 0.2) is 6.61 Å². The lowest BCUT2D eigenvalue weighted by atomic mass is 9.86. The molecule has 0 aromatic heterocycles. The fourth-order valence-corrected chi connectivity index (χ4v) is 3.54. The summed E-state index contributed by atoms with van der Waals surface area (Å²) in [5, 5.41) is 2.97. The summed E-state index contributed by atoms with van der Waals surface area (Å²) in [6.07, 6.45) is 0. The molecule has 1 atom stereocenters. The summed E-state index contributed by atoms with van der Waals surface area (Å²) < 4.78 is 6.92. The predicted molar refractivity (Wildman–Crippen MR) is 133 cm³/mol. The number of benzene rings is 2.